The van der Waals surface area contributed by atoms with Gasteiger partial charge in [0.15, 0.2) is 0 Å². The third kappa shape index (κ3) is 4.76. The van der Waals surface area contributed by atoms with Crippen LogP contribution in [-0.4, -0.2) is 66.5 Å². The van der Waals surface area contributed by atoms with Gasteiger partial charge in [0.2, 0.25) is 5.91 Å². The Kier molecular flexibility index (Phi) is 6.72. The Morgan fingerprint density at radius 2 is 1.84 bits per heavy atom. The highest BCUT2D eigenvalue weighted by Gasteiger charge is 2.42. The zero-order valence-electron chi connectivity index (χ0n) is 18.2. The van der Waals surface area contributed by atoms with Crippen molar-refractivity contribution >= 4 is 11.8 Å². The fraction of sp³-hybridized carbons (Fsp3) is 0.400. The van der Waals surface area contributed by atoms with Crippen LogP contribution < -0.4 is 10.1 Å². The summed E-state index contributed by atoms with van der Waals surface area (Å²) in [6, 6.07) is 18.6. The predicted octanol–water partition coefficient (Wildman–Crippen LogP) is 2.43. The van der Waals surface area contributed by atoms with Crippen molar-refractivity contribution in [3.63, 3.8) is 0 Å². The van der Waals surface area contributed by atoms with Crippen LogP contribution in [0.3, 0.4) is 0 Å². The summed E-state index contributed by atoms with van der Waals surface area (Å²) in [5.74, 6) is 0.779. The second kappa shape index (κ2) is 9.84. The van der Waals surface area contributed by atoms with E-state index in [1.54, 1.807) is 31.3 Å². The van der Waals surface area contributed by atoms with Crippen molar-refractivity contribution in [2.45, 2.75) is 37.5 Å². The molecule has 2 fully saturated rings. The van der Waals surface area contributed by atoms with Gasteiger partial charge < -0.3 is 15.0 Å². The molecule has 0 aromatic heterocycles. The number of rotatable bonds is 5. The van der Waals surface area contributed by atoms with Crippen LogP contribution in [0.5, 0.6) is 5.75 Å². The number of benzene rings is 2. The average Bonchev–Trinajstić information content (AvgIpc) is 3.27. The van der Waals surface area contributed by atoms with Gasteiger partial charge in [-0.1, -0.05) is 24.3 Å². The molecule has 2 aliphatic heterocycles. The van der Waals surface area contributed by atoms with Crippen LogP contribution >= 0.6 is 0 Å². The average molecular weight is 433 g/mol. The zero-order chi connectivity index (χ0) is 22.5. The lowest BCUT2D eigenvalue weighted by Crippen LogP contribution is -2.51. The number of hydrogen-bond donors (Lipinski definition) is 1. The third-order valence-corrected chi connectivity index (χ3v) is 6.36. The minimum Gasteiger partial charge on any atom is -0.489 e. The molecule has 0 saturated carbocycles. The van der Waals surface area contributed by atoms with Crippen molar-refractivity contribution in [3.05, 3.63) is 65.7 Å². The quantitative estimate of drug-likeness (QED) is 0.784. The molecule has 2 saturated heterocycles. The zero-order valence-corrected chi connectivity index (χ0v) is 18.2. The van der Waals surface area contributed by atoms with Crippen LogP contribution in [0.25, 0.3) is 0 Å². The summed E-state index contributed by atoms with van der Waals surface area (Å²) in [6.07, 6.45) is 2.20. The number of nitriles is 1. The fourth-order valence-electron chi connectivity index (χ4n) is 4.73. The van der Waals surface area contributed by atoms with Crippen LogP contribution in [0.4, 0.5) is 0 Å². The maximum absolute atomic E-state index is 12.9. The summed E-state index contributed by atoms with van der Waals surface area (Å²) in [7, 11) is 1.67. The molecule has 166 valence electrons. The molecule has 7 heteroatoms. The first-order valence-electron chi connectivity index (χ1n) is 11.1. The summed E-state index contributed by atoms with van der Waals surface area (Å²) in [5.41, 5.74) is 1.03. The van der Waals surface area contributed by atoms with Gasteiger partial charge in [-0.3, -0.25) is 14.5 Å². The molecule has 0 aliphatic carbocycles. The van der Waals surface area contributed by atoms with E-state index >= 15 is 0 Å². The minimum absolute atomic E-state index is 0.0102. The number of amides is 2. The normalized spacial score (nSPS) is 21.7. The van der Waals surface area contributed by atoms with E-state index < -0.39 is 0 Å². The number of likely N-dealkylation sites (N-methyl/N-ethyl adjacent to an activating group) is 1. The van der Waals surface area contributed by atoms with Crippen molar-refractivity contribution < 1.29 is 14.3 Å². The lowest BCUT2D eigenvalue weighted by molar-refractivity contribution is -0.126. The fourth-order valence-corrected chi connectivity index (χ4v) is 4.73. The largest absolute Gasteiger partial charge is 0.489 e. The van der Waals surface area contributed by atoms with Gasteiger partial charge in [0.1, 0.15) is 11.9 Å². The Balaban J connectivity index is 1.40. The number of hydrogen-bond acceptors (Lipinski definition) is 5. The molecule has 2 amide bonds. The van der Waals surface area contributed by atoms with E-state index in [1.807, 2.05) is 35.2 Å². The van der Waals surface area contributed by atoms with Crippen LogP contribution in [0.15, 0.2) is 54.6 Å². The number of carbonyl (C=O) groups excluding carboxylic acids is 2. The Hall–Kier alpha value is -3.37. The van der Waals surface area contributed by atoms with Crippen molar-refractivity contribution in [2.24, 2.45) is 0 Å². The molecule has 2 aromatic carbocycles. The molecular weight excluding hydrogens is 404 g/mol. The van der Waals surface area contributed by atoms with Crippen LogP contribution in [0.2, 0.25) is 0 Å². The number of nitrogens with one attached hydrogen (secondary N) is 1. The molecule has 0 unspecified atom stereocenters. The molecule has 7 nitrogen and oxygen atoms in total. The monoisotopic (exact) mass is 432 g/mol. The second-order valence-electron chi connectivity index (χ2n) is 8.33. The summed E-state index contributed by atoms with van der Waals surface area (Å²) in [4.78, 5) is 29.6. The van der Waals surface area contributed by atoms with E-state index in [0.29, 0.717) is 37.2 Å². The standard InChI is InChI=1S/C25H28N4O3/c1-27-24(30)23-15-22(32-21-8-3-2-4-9-21)17-29(23)20-10-12-28(13-11-20)25(31)19-7-5-6-18(14-19)16-26/h2-9,14,20,22-23H,10-13,15,17H2,1H3,(H,27,30)/t22-,23-/m0/s1. The van der Waals surface area contributed by atoms with Gasteiger partial charge in [0.25, 0.3) is 5.91 Å². The van der Waals surface area contributed by atoms with E-state index in [-0.39, 0.29) is 30.0 Å². The van der Waals surface area contributed by atoms with Gasteiger partial charge in [0.05, 0.1) is 17.7 Å². The van der Waals surface area contributed by atoms with E-state index in [9.17, 15) is 9.59 Å². The number of para-hydroxylation sites is 1. The maximum Gasteiger partial charge on any atom is 0.253 e. The van der Waals surface area contributed by atoms with Gasteiger partial charge in [0, 0.05) is 44.7 Å². The summed E-state index contributed by atoms with van der Waals surface area (Å²) in [5, 5.41) is 11.9. The van der Waals surface area contributed by atoms with Crippen LogP contribution in [0, 0.1) is 11.3 Å². The van der Waals surface area contributed by atoms with Crippen molar-refractivity contribution in [3.8, 4) is 11.8 Å². The first kappa shape index (κ1) is 21.8. The highest BCUT2D eigenvalue weighted by atomic mass is 16.5. The number of likely N-dealkylation sites (tertiary alicyclic amines) is 2. The maximum atomic E-state index is 12.9. The van der Waals surface area contributed by atoms with Gasteiger partial charge >= 0.3 is 0 Å². The first-order valence-corrected chi connectivity index (χ1v) is 11.1. The Morgan fingerprint density at radius 1 is 1.09 bits per heavy atom. The number of carbonyl (C=O) groups is 2. The highest BCUT2D eigenvalue weighted by molar-refractivity contribution is 5.94. The lowest BCUT2D eigenvalue weighted by Gasteiger charge is -2.38. The van der Waals surface area contributed by atoms with Gasteiger partial charge in [-0.2, -0.15) is 5.26 Å². The molecule has 2 aliphatic rings. The lowest BCUT2D eigenvalue weighted by atomic mass is 10.0. The number of nitrogens with zero attached hydrogens (tertiary/aromatic N) is 3. The van der Waals surface area contributed by atoms with Crippen molar-refractivity contribution in [2.75, 3.05) is 26.7 Å². The first-order chi connectivity index (χ1) is 15.6. The molecule has 1 N–H and O–H groups in total. The molecule has 0 radical (unpaired) electrons. The topological polar surface area (TPSA) is 85.7 Å². The van der Waals surface area contributed by atoms with E-state index in [0.717, 1.165) is 18.6 Å². The summed E-state index contributed by atoms with van der Waals surface area (Å²) >= 11 is 0. The van der Waals surface area contributed by atoms with Crippen molar-refractivity contribution in [1.29, 1.82) is 5.26 Å². The number of piperidine rings is 1. The van der Waals surface area contributed by atoms with Crippen LogP contribution in [0.1, 0.15) is 35.2 Å². The predicted molar refractivity (Wildman–Crippen MR) is 120 cm³/mol. The molecular formula is C25H28N4O3. The molecule has 4 rings (SSSR count). The highest BCUT2D eigenvalue weighted by Crippen LogP contribution is 2.29. The van der Waals surface area contributed by atoms with E-state index in [4.69, 9.17) is 10.00 Å². The Morgan fingerprint density at radius 3 is 2.53 bits per heavy atom. The van der Waals surface area contributed by atoms with Gasteiger partial charge in [-0.25, -0.2) is 0 Å². The molecule has 2 heterocycles. The third-order valence-electron chi connectivity index (χ3n) is 6.36. The molecule has 32 heavy (non-hydrogen) atoms. The molecule has 2 aromatic rings. The SMILES string of the molecule is CNC(=O)[C@@H]1C[C@H](Oc2ccccc2)CN1C1CCN(C(=O)c2cccc(C#N)c2)CC1. The number of ether oxygens (including phenoxy) is 1. The van der Waals surface area contributed by atoms with E-state index in [1.165, 1.54) is 0 Å². The Labute approximate surface area is 188 Å². The molecule has 0 spiro atoms. The Bertz CT molecular complexity index is 996. The second-order valence-corrected chi connectivity index (χ2v) is 8.33. The van der Waals surface area contributed by atoms with Gasteiger partial charge in [-0.05, 0) is 43.2 Å². The van der Waals surface area contributed by atoms with Crippen molar-refractivity contribution in [1.82, 2.24) is 15.1 Å². The smallest absolute Gasteiger partial charge is 0.253 e. The van der Waals surface area contributed by atoms with E-state index in [2.05, 4.69) is 16.3 Å². The molecule has 0 bridgehead atoms. The minimum atomic E-state index is -0.228. The van der Waals surface area contributed by atoms with Gasteiger partial charge in [-0.15, -0.1) is 0 Å². The summed E-state index contributed by atoms with van der Waals surface area (Å²) < 4.78 is 6.15. The molecule has 2 atom stereocenters. The van der Waals surface area contributed by atoms with Crippen LogP contribution in [-0.2, 0) is 4.79 Å². The summed E-state index contributed by atoms with van der Waals surface area (Å²) in [6.45, 7) is 1.94.